The number of rotatable bonds is 5. The molecule has 0 spiro atoms. The number of nitrogens with zero attached hydrogens (tertiary/aromatic N) is 3. The third-order valence-corrected chi connectivity index (χ3v) is 6.57. The van der Waals surface area contributed by atoms with E-state index in [2.05, 4.69) is 10.1 Å². The molecule has 1 aromatic heterocycles. The largest absolute Gasteiger partial charge is 0.339 e. The van der Waals surface area contributed by atoms with E-state index in [1.807, 2.05) is 61.5 Å². The molecule has 0 saturated carbocycles. The van der Waals surface area contributed by atoms with Gasteiger partial charge in [0.1, 0.15) is 0 Å². The van der Waals surface area contributed by atoms with Crippen LogP contribution in [0.2, 0.25) is 0 Å². The monoisotopic (exact) mass is 409 g/mol. The summed E-state index contributed by atoms with van der Waals surface area (Å²) < 4.78 is 32.5. The van der Waals surface area contributed by atoms with Gasteiger partial charge in [-0.3, -0.25) is 0 Å². The van der Waals surface area contributed by atoms with E-state index in [4.69, 9.17) is 4.52 Å². The predicted octanol–water partition coefficient (Wildman–Crippen LogP) is 4.23. The smallest absolute Gasteiger partial charge is 0.236 e. The van der Waals surface area contributed by atoms with Gasteiger partial charge in [0, 0.05) is 24.1 Å². The summed E-state index contributed by atoms with van der Waals surface area (Å²) in [5.41, 5.74) is 2.87. The minimum atomic E-state index is -3.51. The molecule has 6 nitrogen and oxygen atoms in total. The van der Waals surface area contributed by atoms with Gasteiger partial charge < -0.3 is 4.52 Å². The van der Waals surface area contributed by atoms with Crippen molar-refractivity contribution in [2.45, 2.75) is 25.7 Å². The van der Waals surface area contributed by atoms with Crippen LogP contribution in [0.25, 0.3) is 17.5 Å². The van der Waals surface area contributed by atoms with Crippen LogP contribution in [0.15, 0.2) is 64.5 Å². The van der Waals surface area contributed by atoms with Crippen molar-refractivity contribution in [2.24, 2.45) is 0 Å². The van der Waals surface area contributed by atoms with E-state index < -0.39 is 10.0 Å². The molecule has 0 aliphatic carbocycles. The Morgan fingerprint density at radius 2 is 1.97 bits per heavy atom. The fourth-order valence-corrected chi connectivity index (χ4v) is 4.76. The Labute approximate surface area is 170 Å². The fourth-order valence-electron chi connectivity index (χ4n) is 3.49. The van der Waals surface area contributed by atoms with Crippen LogP contribution in [-0.4, -0.2) is 36.0 Å². The topological polar surface area (TPSA) is 76.3 Å². The number of aromatic nitrogens is 2. The van der Waals surface area contributed by atoms with Crippen LogP contribution in [0, 0.1) is 6.92 Å². The fraction of sp³-hybridized carbons (Fsp3) is 0.273. The van der Waals surface area contributed by atoms with Crippen LogP contribution < -0.4 is 0 Å². The average Bonchev–Trinajstić information content (AvgIpc) is 3.24. The minimum Gasteiger partial charge on any atom is -0.339 e. The number of piperidine rings is 1. The maximum absolute atomic E-state index is 12.8. The van der Waals surface area contributed by atoms with Crippen LogP contribution in [0.1, 0.15) is 35.8 Å². The lowest BCUT2D eigenvalue weighted by Crippen LogP contribution is -2.38. The normalized spacial score (nSPS) is 18.3. The molecule has 150 valence electrons. The Morgan fingerprint density at radius 1 is 1.14 bits per heavy atom. The van der Waals surface area contributed by atoms with Gasteiger partial charge in [-0.05, 0) is 37.5 Å². The van der Waals surface area contributed by atoms with Crippen molar-refractivity contribution < 1.29 is 12.9 Å². The van der Waals surface area contributed by atoms with Gasteiger partial charge in [-0.1, -0.05) is 59.3 Å². The lowest BCUT2D eigenvalue weighted by Gasteiger charge is -2.29. The lowest BCUT2D eigenvalue weighted by molar-refractivity contribution is 0.267. The number of sulfonamides is 1. The number of aryl methyl sites for hydroxylation is 1. The molecule has 4 rings (SSSR count). The first kappa shape index (κ1) is 19.5. The van der Waals surface area contributed by atoms with Gasteiger partial charge in [-0.25, -0.2) is 8.42 Å². The van der Waals surface area contributed by atoms with Gasteiger partial charge >= 0.3 is 0 Å². The summed E-state index contributed by atoms with van der Waals surface area (Å²) in [7, 11) is -3.51. The number of benzene rings is 2. The molecule has 0 amide bonds. The Hall–Kier alpha value is -2.77. The van der Waals surface area contributed by atoms with Crippen molar-refractivity contribution in [3.05, 3.63) is 77.0 Å². The summed E-state index contributed by atoms with van der Waals surface area (Å²) in [6.45, 7) is 2.85. The van der Waals surface area contributed by atoms with Crippen molar-refractivity contribution >= 4 is 16.1 Å². The Bertz CT molecular complexity index is 1110. The highest BCUT2D eigenvalue weighted by Crippen LogP contribution is 2.29. The first-order valence-electron chi connectivity index (χ1n) is 9.65. The van der Waals surface area contributed by atoms with Gasteiger partial charge in [-0.2, -0.15) is 9.29 Å². The maximum atomic E-state index is 12.8. The molecule has 2 aromatic carbocycles. The summed E-state index contributed by atoms with van der Waals surface area (Å²) in [6, 6.07) is 17.3. The van der Waals surface area contributed by atoms with Crippen molar-refractivity contribution in [3.8, 4) is 11.4 Å². The molecule has 0 unspecified atom stereocenters. The molecule has 1 aliphatic heterocycles. The second kappa shape index (κ2) is 8.31. The molecule has 1 atom stereocenters. The average molecular weight is 410 g/mol. The molecule has 1 aliphatic rings. The zero-order valence-electron chi connectivity index (χ0n) is 16.2. The third-order valence-electron chi connectivity index (χ3n) is 5.04. The van der Waals surface area contributed by atoms with Crippen molar-refractivity contribution in [2.75, 3.05) is 13.1 Å². The first-order chi connectivity index (χ1) is 14.0. The van der Waals surface area contributed by atoms with Crippen molar-refractivity contribution in [1.82, 2.24) is 14.4 Å². The summed E-state index contributed by atoms with van der Waals surface area (Å²) in [5.74, 6) is 0.927. The molecule has 0 N–H and O–H groups in total. The molecular weight excluding hydrogens is 386 g/mol. The van der Waals surface area contributed by atoms with Gasteiger partial charge in [0.2, 0.25) is 21.7 Å². The standard InChI is InChI=1S/C22H23N3O3S/c1-17-7-5-10-19(15-17)21-23-22(28-24-21)20-11-6-13-25(16-20)29(26,27)14-12-18-8-3-2-4-9-18/h2-5,7-10,12,14-15,20H,6,11,13,16H2,1H3/b14-12+/t20-/m0/s1. The van der Waals surface area contributed by atoms with E-state index in [1.165, 1.54) is 9.71 Å². The minimum absolute atomic E-state index is 0.102. The molecule has 29 heavy (non-hydrogen) atoms. The summed E-state index contributed by atoms with van der Waals surface area (Å²) in [4.78, 5) is 4.54. The van der Waals surface area contributed by atoms with Crippen LogP contribution in [-0.2, 0) is 10.0 Å². The first-order valence-corrected chi connectivity index (χ1v) is 11.2. The van der Waals surface area contributed by atoms with Crippen LogP contribution in [0.4, 0.5) is 0 Å². The van der Waals surface area contributed by atoms with Crippen molar-refractivity contribution in [3.63, 3.8) is 0 Å². The summed E-state index contributed by atoms with van der Waals surface area (Å²) in [6.07, 6.45) is 3.20. The number of hydrogen-bond acceptors (Lipinski definition) is 5. The van der Waals surface area contributed by atoms with E-state index in [0.29, 0.717) is 24.8 Å². The second-order valence-electron chi connectivity index (χ2n) is 7.28. The molecule has 0 radical (unpaired) electrons. The zero-order chi connectivity index (χ0) is 20.3. The molecule has 3 aromatic rings. The highest BCUT2D eigenvalue weighted by Gasteiger charge is 2.31. The van der Waals surface area contributed by atoms with Crippen LogP contribution in [0.5, 0.6) is 0 Å². The third kappa shape index (κ3) is 4.63. The molecule has 1 fully saturated rings. The van der Waals surface area contributed by atoms with Crippen molar-refractivity contribution in [1.29, 1.82) is 0 Å². The van der Waals surface area contributed by atoms with Crippen LogP contribution >= 0.6 is 0 Å². The second-order valence-corrected chi connectivity index (χ2v) is 9.10. The number of hydrogen-bond donors (Lipinski definition) is 0. The van der Waals surface area contributed by atoms with E-state index in [1.54, 1.807) is 6.08 Å². The Morgan fingerprint density at radius 3 is 2.76 bits per heavy atom. The lowest BCUT2D eigenvalue weighted by atomic mass is 10.00. The van der Waals surface area contributed by atoms with E-state index >= 15 is 0 Å². The van der Waals surface area contributed by atoms with E-state index in [0.717, 1.165) is 29.5 Å². The zero-order valence-corrected chi connectivity index (χ0v) is 17.0. The van der Waals surface area contributed by atoms with Gasteiger partial charge in [0.05, 0.1) is 5.92 Å². The molecule has 2 heterocycles. The predicted molar refractivity (Wildman–Crippen MR) is 112 cm³/mol. The highest BCUT2D eigenvalue weighted by atomic mass is 32.2. The molecule has 7 heteroatoms. The van der Waals surface area contributed by atoms with E-state index in [-0.39, 0.29) is 5.92 Å². The Kier molecular flexibility index (Phi) is 5.60. The summed E-state index contributed by atoms with van der Waals surface area (Å²) in [5, 5.41) is 5.37. The van der Waals surface area contributed by atoms with Gasteiger partial charge in [0.25, 0.3) is 0 Å². The maximum Gasteiger partial charge on any atom is 0.236 e. The molecule has 1 saturated heterocycles. The SMILES string of the molecule is Cc1cccc(-c2noc([C@H]3CCCN(S(=O)(=O)/C=C/c4ccccc4)C3)n2)c1. The van der Waals surface area contributed by atoms with Gasteiger partial charge in [0.15, 0.2) is 0 Å². The van der Waals surface area contributed by atoms with Crippen LogP contribution in [0.3, 0.4) is 0 Å². The molecular formula is C22H23N3O3S. The van der Waals surface area contributed by atoms with E-state index in [9.17, 15) is 8.42 Å². The summed E-state index contributed by atoms with van der Waals surface area (Å²) >= 11 is 0. The quantitative estimate of drug-likeness (QED) is 0.630. The van der Waals surface area contributed by atoms with Gasteiger partial charge in [-0.15, -0.1) is 0 Å². The molecule has 0 bridgehead atoms. The highest BCUT2D eigenvalue weighted by molar-refractivity contribution is 7.92. The Balaban J connectivity index is 1.49.